The van der Waals surface area contributed by atoms with Crippen molar-refractivity contribution in [1.82, 2.24) is 9.80 Å². The molecule has 1 aliphatic heterocycles. The lowest BCUT2D eigenvalue weighted by Crippen LogP contribution is -2.49. The molecule has 0 saturated carbocycles. The van der Waals surface area contributed by atoms with Crippen molar-refractivity contribution in [3.8, 4) is 0 Å². The Balaban J connectivity index is 1.88. The molecule has 1 unspecified atom stereocenters. The summed E-state index contributed by atoms with van der Waals surface area (Å²) in [6.07, 6.45) is -9.76. The van der Waals surface area contributed by atoms with E-state index >= 15 is 0 Å². The molecule has 2 aromatic carbocycles. The molecular weight excluding hydrogens is 410 g/mol. The number of rotatable bonds is 3. The highest BCUT2D eigenvalue weighted by molar-refractivity contribution is 5.74. The van der Waals surface area contributed by atoms with Crippen LogP contribution in [0.2, 0.25) is 0 Å². The Bertz CT molecular complexity index is 862. The molecule has 0 N–H and O–H groups in total. The van der Waals surface area contributed by atoms with Gasteiger partial charge in [0.1, 0.15) is 0 Å². The maximum atomic E-state index is 13.1. The van der Waals surface area contributed by atoms with E-state index in [9.17, 15) is 31.1 Å². The third-order valence-corrected chi connectivity index (χ3v) is 5.11. The van der Waals surface area contributed by atoms with Crippen LogP contribution in [0.25, 0.3) is 0 Å². The first-order valence-corrected chi connectivity index (χ1v) is 9.28. The quantitative estimate of drug-likeness (QED) is 0.631. The fourth-order valence-corrected chi connectivity index (χ4v) is 3.69. The molecule has 1 atom stereocenters. The van der Waals surface area contributed by atoms with Gasteiger partial charge in [-0.15, -0.1) is 0 Å². The van der Waals surface area contributed by atoms with Gasteiger partial charge in [-0.05, 0) is 29.3 Å². The highest BCUT2D eigenvalue weighted by atomic mass is 19.4. The largest absolute Gasteiger partial charge is 0.416 e. The maximum Gasteiger partial charge on any atom is 0.416 e. The summed E-state index contributed by atoms with van der Waals surface area (Å²) in [6.45, 7) is 2.35. The zero-order chi connectivity index (χ0) is 22.1. The number of hydrogen-bond acceptors (Lipinski definition) is 2. The van der Waals surface area contributed by atoms with E-state index in [1.165, 1.54) is 6.92 Å². The average molecular weight is 430 g/mol. The Labute approximate surface area is 169 Å². The van der Waals surface area contributed by atoms with Gasteiger partial charge >= 0.3 is 12.4 Å². The zero-order valence-electron chi connectivity index (χ0n) is 16.1. The Morgan fingerprint density at radius 3 is 2.00 bits per heavy atom. The topological polar surface area (TPSA) is 23.6 Å². The molecule has 0 spiro atoms. The fourth-order valence-electron chi connectivity index (χ4n) is 3.69. The fraction of sp³-hybridized carbons (Fsp3) is 0.381. The van der Waals surface area contributed by atoms with Crippen LogP contribution in [0.3, 0.4) is 0 Å². The number of halogens is 6. The van der Waals surface area contributed by atoms with Crippen LogP contribution < -0.4 is 0 Å². The molecule has 3 nitrogen and oxygen atoms in total. The summed E-state index contributed by atoms with van der Waals surface area (Å²) in [5, 5.41) is 0. The molecule has 1 aliphatic rings. The van der Waals surface area contributed by atoms with Gasteiger partial charge in [0.25, 0.3) is 0 Å². The Morgan fingerprint density at radius 1 is 0.933 bits per heavy atom. The van der Waals surface area contributed by atoms with E-state index in [0.717, 1.165) is 17.7 Å². The second kappa shape index (κ2) is 8.29. The molecule has 1 fully saturated rings. The Kier molecular flexibility index (Phi) is 6.12. The SMILES string of the molecule is CC(=O)N1CCN(Cc2cc(C(F)(F)F)cc(C(F)(F)F)c2)CC1c1ccccc1. The highest BCUT2D eigenvalue weighted by Gasteiger charge is 2.37. The van der Waals surface area contributed by atoms with E-state index in [2.05, 4.69) is 0 Å². The first kappa shape index (κ1) is 22.1. The molecule has 30 heavy (non-hydrogen) atoms. The summed E-state index contributed by atoms with van der Waals surface area (Å²) < 4.78 is 78.7. The molecule has 1 amide bonds. The summed E-state index contributed by atoms with van der Waals surface area (Å²) >= 11 is 0. The van der Waals surface area contributed by atoms with Crippen LogP contribution in [0.4, 0.5) is 26.3 Å². The van der Waals surface area contributed by atoms with Crippen LogP contribution in [0.1, 0.15) is 35.2 Å². The third kappa shape index (κ3) is 5.13. The minimum absolute atomic E-state index is 0.0692. The van der Waals surface area contributed by atoms with Crippen molar-refractivity contribution >= 4 is 5.91 Å². The summed E-state index contributed by atoms with van der Waals surface area (Å²) in [7, 11) is 0. The van der Waals surface area contributed by atoms with E-state index < -0.39 is 23.5 Å². The van der Waals surface area contributed by atoms with Crippen LogP contribution in [-0.4, -0.2) is 35.3 Å². The number of hydrogen-bond donors (Lipinski definition) is 0. The molecule has 162 valence electrons. The van der Waals surface area contributed by atoms with Gasteiger partial charge in [-0.2, -0.15) is 26.3 Å². The lowest BCUT2D eigenvalue weighted by Gasteiger charge is -2.41. The van der Waals surface area contributed by atoms with Crippen molar-refractivity contribution in [1.29, 1.82) is 0 Å². The molecule has 1 saturated heterocycles. The number of carbonyl (C=O) groups excluding carboxylic acids is 1. The number of nitrogens with zero attached hydrogens (tertiary/aromatic N) is 2. The van der Waals surface area contributed by atoms with Crippen molar-refractivity contribution in [2.75, 3.05) is 19.6 Å². The van der Waals surface area contributed by atoms with Gasteiger partial charge in [0.05, 0.1) is 17.2 Å². The van der Waals surface area contributed by atoms with E-state index in [1.807, 2.05) is 30.3 Å². The summed E-state index contributed by atoms with van der Waals surface area (Å²) in [4.78, 5) is 15.5. The van der Waals surface area contributed by atoms with Crippen LogP contribution in [0.5, 0.6) is 0 Å². The molecule has 9 heteroatoms. The van der Waals surface area contributed by atoms with Crippen LogP contribution in [0.15, 0.2) is 48.5 Å². The molecule has 1 heterocycles. The van der Waals surface area contributed by atoms with Crippen molar-refractivity contribution in [2.45, 2.75) is 31.9 Å². The van der Waals surface area contributed by atoms with Gasteiger partial charge in [0.2, 0.25) is 5.91 Å². The van der Waals surface area contributed by atoms with Gasteiger partial charge in [-0.25, -0.2) is 0 Å². The average Bonchev–Trinajstić information content (AvgIpc) is 2.67. The maximum absolute atomic E-state index is 13.1. The predicted octanol–water partition coefficient (Wildman–Crippen LogP) is 5.13. The van der Waals surface area contributed by atoms with Crippen molar-refractivity contribution in [3.63, 3.8) is 0 Å². The number of alkyl halides is 6. The van der Waals surface area contributed by atoms with Crippen LogP contribution in [0, 0.1) is 0 Å². The second-order valence-corrected chi connectivity index (χ2v) is 7.29. The van der Waals surface area contributed by atoms with E-state index in [-0.39, 0.29) is 30.1 Å². The number of carbonyl (C=O) groups is 1. The molecular formula is C21H20F6N2O. The van der Waals surface area contributed by atoms with Crippen molar-refractivity contribution < 1.29 is 31.1 Å². The summed E-state index contributed by atoms with van der Waals surface area (Å²) in [6, 6.07) is 10.4. The van der Waals surface area contributed by atoms with E-state index in [4.69, 9.17) is 0 Å². The standard InChI is InChI=1S/C21H20F6N2O/c1-14(30)29-8-7-28(13-19(29)16-5-3-2-4-6-16)12-15-9-17(20(22,23)24)11-18(10-15)21(25,26)27/h2-6,9-11,19H,7-8,12-13H2,1H3. The third-order valence-electron chi connectivity index (χ3n) is 5.11. The van der Waals surface area contributed by atoms with Crippen LogP contribution in [-0.2, 0) is 23.7 Å². The van der Waals surface area contributed by atoms with E-state index in [0.29, 0.717) is 19.6 Å². The molecule has 0 aliphatic carbocycles. The van der Waals surface area contributed by atoms with E-state index in [1.54, 1.807) is 9.80 Å². The first-order chi connectivity index (χ1) is 13.9. The predicted molar refractivity (Wildman–Crippen MR) is 98.3 cm³/mol. The molecule has 2 aromatic rings. The Morgan fingerprint density at radius 2 is 1.50 bits per heavy atom. The number of benzene rings is 2. The van der Waals surface area contributed by atoms with Crippen molar-refractivity contribution in [2.24, 2.45) is 0 Å². The van der Waals surface area contributed by atoms with Crippen molar-refractivity contribution in [3.05, 3.63) is 70.8 Å². The first-order valence-electron chi connectivity index (χ1n) is 9.28. The lowest BCUT2D eigenvalue weighted by atomic mass is 10.0. The van der Waals surface area contributed by atoms with Gasteiger partial charge < -0.3 is 4.90 Å². The van der Waals surface area contributed by atoms with Gasteiger partial charge in [-0.3, -0.25) is 9.69 Å². The number of amides is 1. The summed E-state index contributed by atoms with van der Waals surface area (Å²) in [5.74, 6) is -0.137. The zero-order valence-corrected chi connectivity index (χ0v) is 16.1. The number of piperazine rings is 1. The van der Waals surface area contributed by atoms with Gasteiger partial charge in [0, 0.05) is 33.1 Å². The second-order valence-electron chi connectivity index (χ2n) is 7.29. The van der Waals surface area contributed by atoms with Crippen LogP contribution >= 0.6 is 0 Å². The molecule has 3 rings (SSSR count). The lowest BCUT2D eigenvalue weighted by molar-refractivity contribution is -0.143. The van der Waals surface area contributed by atoms with Gasteiger partial charge in [0.15, 0.2) is 0 Å². The highest BCUT2D eigenvalue weighted by Crippen LogP contribution is 2.37. The molecule has 0 bridgehead atoms. The monoisotopic (exact) mass is 430 g/mol. The van der Waals surface area contributed by atoms with Gasteiger partial charge in [-0.1, -0.05) is 30.3 Å². The molecule has 0 aromatic heterocycles. The summed E-state index contributed by atoms with van der Waals surface area (Å²) in [5.41, 5.74) is -1.86. The molecule has 0 radical (unpaired) electrons. The Hall–Kier alpha value is -2.55. The minimum atomic E-state index is -4.88. The minimum Gasteiger partial charge on any atom is -0.333 e. The smallest absolute Gasteiger partial charge is 0.333 e. The normalized spacial score (nSPS) is 18.5.